The van der Waals surface area contributed by atoms with Crippen LogP contribution < -0.4 is 19.5 Å². The van der Waals surface area contributed by atoms with Crippen molar-refractivity contribution in [1.82, 2.24) is 0 Å². The molecule has 0 aliphatic carbocycles. The zero-order valence-electron chi connectivity index (χ0n) is 14.5. The van der Waals surface area contributed by atoms with Crippen LogP contribution in [-0.2, 0) is 4.79 Å². The number of anilines is 1. The summed E-state index contributed by atoms with van der Waals surface area (Å²) in [7, 11) is 4.56. The van der Waals surface area contributed by atoms with Gasteiger partial charge in [0.25, 0.3) is 0 Å². The fourth-order valence-corrected chi connectivity index (χ4v) is 2.46. The molecule has 26 heavy (non-hydrogen) atoms. The summed E-state index contributed by atoms with van der Waals surface area (Å²) >= 11 is 5.95. The Morgan fingerprint density at radius 3 is 2.27 bits per heavy atom. The van der Waals surface area contributed by atoms with Gasteiger partial charge in [-0.1, -0.05) is 11.6 Å². The largest absolute Gasteiger partial charge is 0.493 e. The Bertz CT molecular complexity index is 863. The van der Waals surface area contributed by atoms with E-state index >= 15 is 0 Å². The zero-order valence-corrected chi connectivity index (χ0v) is 15.3. The second-order valence-corrected chi connectivity index (χ2v) is 5.49. The average Bonchev–Trinajstić information content (AvgIpc) is 2.65. The fourth-order valence-electron chi connectivity index (χ4n) is 2.24. The molecule has 0 unspecified atom stereocenters. The lowest BCUT2D eigenvalue weighted by Crippen LogP contribution is -2.07. The molecular formula is C19H17ClN2O4. The van der Waals surface area contributed by atoms with Crippen molar-refractivity contribution in [3.63, 3.8) is 0 Å². The molecule has 7 heteroatoms. The van der Waals surface area contributed by atoms with E-state index in [-0.39, 0.29) is 10.9 Å². The number of amides is 1. The van der Waals surface area contributed by atoms with Crippen LogP contribution in [0, 0.1) is 11.3 Å². The van der Waals surface area contributed by atoms with Gasteiger partial charge >= 0.3 is 0 Å². The Balaban J connectivity index is 2.17. The summed E-state index contributed by atoms with van der Waals surface area (Å²) in [5, 5.41) is 11.8. The molecule has 1 N–H and O–H groups in total. The first-order valence-electron chi connectivity index (χ1n) is 7.51. The summed E-state index contributed by atoms with van der Waals surface area (Å²) in [6.45, 7) is 0. The molecule has 6 nitrogen and oxygen atoms in total. The maximum atomic E-state index is 12.1. The van der Waals surface area contributed by atoms with E-state index in [2.05, 4.69) is 5.32 Å². The monoisotopic (exact) mass is 372 g/mol. The van der Waals surface area contributed by atoms with Gasteiger partial charge in [-0.3, -0.25) is 4.79 Å². The summed E-state index contributed by atoms with van der Waals surface area (Å²) in [5.74, 6) is 1.11. The van der Waals surface area contributed by atoms with Crippen LogP contribution in [0.3, 0.4) is 0 Å². The highest BCUT2D eigenvalue weighted by atomic mass is 35.5. The van der Waals surface area contributed by atoms with Gasteiger partial charge in [0.2, 0.25) is 11.7 Å². The van der Waals surface area contributed by atoms with E-state index in [1.165, 1.54) is 33.5 Å². The molecule has 0 bridgehead atoms. The maximum Gasteiger partial charge on any atom is 0.248 e. The summed E-state index contributed by atoms with van der Waals surface area (Å²) in [4.78, 5) is 12.1. The lowest BCUT2D eigenvalue weighted by atomic mass is 10.1. The highest BCUT2D eigenvalue weighted by Crippen LogP contribution is 2.38. The molecule has 2 aromatic rings. The fraction of sp³-hybridized carbons (Fsp3) is 0.158. The third-order valence-electron chi connectivity index (χ3n) is 3.47. The number of halogens is 1. The molecule has 0 radical (unpaired) electrons. The number of nitrogens with one attached hydrogen (secondary N) is 1. The Kier molecular flexibility index (Phi) is 6.48. The number of rotatable bonds is 6. The van der Waals surface area contributed by atoms with Gasteiger partial charge < -0.3 is 19.5 Å². The highest BCUT2D eigenvalue weighted by molar-refractivity contribution is 6.32. The van der Waals surface area contributed by atoms with Gasteiger partial charge in [-0.05, 0) is 42.0 Å². The van der Waals surface area contributed by atoms with Crippen molar-refractivity contribution in [2.45, 2.75) is 0 Å². The topological polar surface area (TPSA) is 80.6 Å². The van der Waals surface area contributed by atoms with Gasteiger partial charge in [0.05, 0.1) is 31.9 Å². The van der Waals surface area contributed by atoms with Crippen LogP contribution in [0.5, 0.6) is 17.2 Å². The number of carbonyl (C=O) groups is 1. The second kappa shape index (κ2) is 8.79. The summed E-state index contributed by atoms with van der Waals surface area (Å²) < 4.78 is 15.8. The summed E-state index contributed by atoms with van der Waals surface area (Å²) in [6, 6.07) is 10.1. The first-order chi connectivity index (χ1) is 12.5. The lowest BCUT2D eigenvalue weighted by molar-refractivity contribution is -0.111. The smallest absolute Gasteiger partial charge is 0.248 e. The van der Waals surface area contributed by atoms with Crippen LogP contribution in [-0.4, -0.2) is 27.2 Å². The molecule has 0 fully saturated rings. The number of hydrogen-bond acceptors (Lipinski definition) is 5. The van der Waals surface area contributed by atoms with Crippen LogP contribution in [0.4, 0.5) is 5.69 Å². The van der Waals surface area contributed by atoms with Crippen LogP contribution in [0.15, 0.2) is 36.4 Å². The number of benzene rings is 2. The lowest BCUT2D eigenvalue weighted by Gasteiger charge is -2.12. The van der Waals surface area contributed by atoms with Crippen molar-refractivity contribution in [2.75, 3.05) is 26.6 Å². The first kappa shape index (κ1) is 19.2. The van der Waals surface area contributed by atoms with Crippen LogP contribution in [0.1, 0.15) is 11.1 Å². The SMILES string of the molecule is COc1cc(C=CC(=O)Nc2ccc(C#N)c(Cl)c2)cc(OC)c1OC. The van der Waals surface area contributed by atoms with Crippen LogP contribution >= 0.6 is 11.6 Å². The van der Waals surface area contributed by atoms with Crippen molar-refractivity contribution in [3.05, 3.63) is 52.6 Å². The molecule has 0 saturated heterocycles. The second-order valence-electron chi connectivity index (χ2n) is 5.09. The number of ether oxygens (including phenoxy) is 3. The van der Waals surface area contributed by atoms with E-state index in [0.717, 1.165) is 0 Å². The number of nitriles is 1. The zero-order chi connectivity index (χ0) is 19.1. The Labute approximate surface area is 156 Å². The van der Waals surface area contributed by atoms with Gasteiger partial charge in [-0.2, -0.15) is 5.26 Å². The predicted octanol–water partition coefficient (Wildman–Crippen LogP) is 3.89. The molecule has 2 aromatic carbocycles. The molecule has 0 aromatic heterocycles. The first-order valence-corrected chi connectivity index (χ1v) is 7.89. The van der Waals surface area contributed by atoms with E-state index < -0.39 is 0 Å². The minimum Gasteiger partial charge on any atom is -0.493 e. The number of carbonyl (C=O) groups excluding carboxylic acids is 1. The van der Waals surface area contributed by atoms with Crippen molar-refractivity contribution in [1.29, 1.82) is 5.26 Å². The number of hydrogen-bond donors (Lipinski definition) is 1. The summed E-state index contributed by atoms with van der Waals surface area (Å²) in [6.07, 6.45) is 2.98. The third-order valence-corrected chi connectivity index (χ3v) is 3.78. The van der Waals surface area contributed by atoms with Gasteiger partial charge in [0.15, 0.2) is 11.5 Å². The van der Waals surface area contributed by atoms with Gasteiger partial charge in [-0.15, -0.1) is 0 Å². The van der Waals surface area contributed by atoms with Crippen molar-refractivity contribution >= 4 is 29.3 Å². The van der Waals surface area contributed by atoms with E-state index in [1.54, 1.807) is 30.3 Å². The Morgan fingerprint density at radius 2 is 1.77 bits per heavy atom. The third kappa shape index (κ3) is 4.47. The van der Waals surface area contributed by atoms with Crippen molar-refractivity contribution in [3.8, 4) is 23.3 Å². The molecule has 0 aliphatic heterocycles. The van der Waals surface area contributed by atoms with Gasteiger partial charge in [0.1, 0.15) is 6.07 Å². The highest BCUT2D eigenvalue weighted by Gasteiger charge is 2.12. The summed E-state index contributed by atoms with van der Waals surface area (Å²) in [5.41, 5.74) is 1.54. The standard InChI is InChI=1S/C19H17ClN2O4/c1-24-16-8-12(9-17(25-2)19(16)26-3)4-7-18(23)22-14-6-5-13(11-21)15(20)10-14/h4-10H,1-3H3,(H,22,23). The number of nitrogens with zero attached hydrogens (tertiary/aromatic N) is 1. The van der Waals surface area contributed by atoms with E-state index in [1.807, 2.05) is 6.07 Å². The van der Waals surface area contributed by atoms with Crippen molar-refractivity contribution in [2.24, 2.45) is 0 Å². The van der Waals surface area contributed by atoms with E-state index in [9.17, 15) is 4.79 Å². The minimum absolute atomic E-state index is 0.277. The minimum atomic E-state index is -0.348. The molecule has 0 atom stereocenters. The quantitative estimate of drug-likeness (QED) is 0.778. The average molecular weight is 373 g/mol. The normalized spacial score (nSPS) is 10.3. The maximum absolute atomic E-state index is 12.1. The molecule has 0 aliphatic rings. The van der Waals surface area contributed by atoms with E-state index in [4.69, 9.17) is 31.1 Å². The molecule has 0 spiro atoms. The van der Waals surface area contributed by atoms with Crippen molar-refractivity contribution < 1.29 is 19.0 Å². The molecule has 0 heterocycles. The Morgan fingerprint density at radius 1 is 1.12 bits per heavy atom. The van der Waals surface area contributed by atoms with E-state index in [0.29, 0.717) is 34.1 Å². The Hall–Kier alpha value is -3.17. The van der Waals surface area contributed by atoms with Crippen LogP contribution in [0.25, 0.3) is 6.08 Å². The molecule has 1 amide bonds. The number of methoxy groups -OCH3 is 3. The van der Waals surface area contributed by atoms with Gasteiger partial charge in [0, 0.05) is 11.8 Å². The van der Waals surface area contributed by atoms with Gasteiger partial charge in [-0.25, -0.2) is 0 Å². The predicted molar refractivity (Wildman–Crippen MR) is 99.9 cm³/mol. The molecule has 0 saturated carbocycles. The van der Waals surface area contributed by atoms with Crippen LogP contribution in [0.2, 0.25) is 5.02 Å². The molecular weight excluding hydrogens is 356 g/mol. The molecule has 134 valence electrons. The molecule has 2 rings (SSSR count).